The Labute approximate surface area is 156 Å². The molecule has 7 nitrogen and oxygen atoms in total. The van der Waals surface area contributed by atoms with Crippen LogP contribution in [-0.4, -0.2) is 24.5 Å². The van der Waals surface area contributed by atoms with Crippen molar-refractivity contribution < 1.29 is 0 Å². The molecule has 3 N–H and O–H groups in total. The van der Waals surface area contributed by atoms with Crippen molar-refractivity contribution in [3.05, 3.63) is 73.1 Å². The molecule has 3 heterocycles. The van der Waals surface area contributed by atoms with Gasteiger partial charge in [0.1, 0.15) is 11.2 Å². The van der Waals surface area contributed by atoms with Gasteiger partial charge < -0.3 is 19.5 Å². The first-order valence-electron chi connectivity index (χ1n) is 9.16. The van der Waals surface area contributed by atoms with Gasteiger partial charge in [0.15, 0.2) is 0 Å². The second-order valence-electron chi connectivity index (χ2n) is 6.96. The minimum Gasteiger partial charge on any atom is -0.344 e. The molecular weight excluding hydrogens is 342 g/mol. The normalized spacial score (nSPS) is 13.4. The van der Waals surface area contributed by atoms with Gasteiger partial charge in [0.2, 0.25) is 0 Å². The lowest BCUT2D eigenvalue weighted by Gasteiger charge is -2.16. The van der Waals surface area contributed by atoms with E-state index in [1.807, 2.05) is 24.5 Å². The van der Waals surface area contributed by atoms with Crippen molar-refractivity contribution in [2.24, 2.45) is 0 Å². The Balaban J connectivity index is 2.16. The molecule has 0 bridgehead atoms. The first-order valence-corrected chi connectivity index (χ1v) is 9.16. The van der Waals surface area contributed by atoms with E-state index in [2.05, 4.69) is 46.9 Å². The third-order valence-electron chi connectivity index (χ3n) is 4.53. The van der Waals surface area contributed by atoms with Crippen LogP contribution < -0.4 is 21.8 Å². The van der Waals surface area contributed by atoms with E-state index in [0.717, 1.165) is 24.4 Å². The summed E-state index contributed by atoms with van der Waals surface area (Å²) in [5.41, 5.74) is 0.775. The predicted molar refractivity (Wildman–Crippen MR) is 106 cm³/mol. The Bertz CT molecular complexity index is 1130. The Morgan fingerprint density at radius 1 is 1.15 bits per heavy atom. The Morgan fingerprint density at radius 3 is 2.48 bits per heavy atom. The van der Waals surface area contributed by atoms with E-state index in [0.29, 0.717) is 5.69 Å². The van der Waals surface area contributed by atoms with Crippen LogP contribution in [-0.2, 0) is 0 Å². The monoisotopic (exact) mass is 367 g/mol. The molecule has 0 aliphatic carbocycles. The summed E-state index contributed by atoms with van der Waals surface area (Å²) in [6.45, 7) is 9.77. The van der Waals surface area contributed by atoms with E-state index < -0.39 is 11.1 Å². The third-order valence-corrected chi connectivity index (χ3v) is 4.53. The number of rotatable bonds is 6. The number of nitrogens with one attached hydrogen (secondary N) is 3. The Kier molecular flexibility index (Phi) is 5.30. The van der Waals surface area contributed by atoms with E-state index in [9.17, 15) is 9.59 Å². The maximum Gasteiger partial charge on any atom is 0.272 e. The predicted octanol–water partition coefficient (Wildman–Crippen LogP) is 1.34. The van der Waals surface area contributed by atoms with Gasteiger partial charge in [0.25, 0.3) is 11.1 Å². The fourth-order valence-corrected chi connectivity index (χ4v) is 3.14. The average molecular weight is 367 g/mol. The van der Waals surface area contributed by atoms with Gasteiger partial charge in [-0.3, -0.25) is 9.59 Å². The number of aromatic nitrogens is 5. The van der Waals surface area contributed by atoms with Gasteiger partial charge in [-0.05, 0) is 30.5 Å². The smallest absolute Gasteiger partial charge is 0.272 e. The number of nitrogens with zero attached hydrogens (tertiary/aromatic N) is 2. The van der Waals surface area contributed by atoms with E-state index >= 15 is 0 Å². The van der Waals surface area contributed by atoms with Crippen molar-refractivity contribution in [2.45, 2.75) is 45.6 Å². The molecule has 3 aromatic rings. The van der Waals surface area contributed by atoms with Crippen LogP contribution in [0.15, 0.2) is 34.1 Å². The summed E-state index contributed by atoms with van der Waals surface area (Å²) in [6, 6.07) is 4.07. The molecule has 27 heavy (non-hydrogen) atoms. The van der Waals surface area contributed by atoms with Crippen molar-refractivity contribution >= 4 is 12.7 Å². The van der Waals surface area contributed by atoms with Gasteiger partial charge in [-0.15, -0.1) is 0 Å². The maximum atomic E-state index is 12.2. The lowest BCUT2D eigenvalue weighted by atomic mass is 10.1. The zero-order valence-electron chi connectivity index (χ0n) is 15.9. The number of imidazole rings is 1. The van der Waals surface area contributed by atoms with E-state index in [-0.39, 0.29) is 22.7 Å². The molecule has 0 aliphatic rings. The van der Waals surface area contributed by atoms with Crippen molar-refractivity contribution in [1.29, 1.82) is 0 Å². The van der Waals surface area contributed by atoms with Gasteiger partial charge in [-0.2, -0.15) is 0 Å². The summed E-state index contributed by atoms with van der Waals surface area (Å²) in [5, 5.41) is 0.208. The van der Waals surface area contributed by atoms with Crippen molar-refractivity contribution in [2.75, 3.05) is 0 Å². The Morgan fingerprint density at radius 2 is 1.85 bits per heavy atom. The van der Waals surface area contributed by atoms with Crippen LogP contribution in [0.2, 0.25) is 0 Å². The molecule has 1 unspecified atom stereocenters. The van der Waals surface area contributed by atoms with Crippen LogP contribution in [0, 0.1) is 0 Å². The average Bonchev–Trinajstić information content (AvgIpc) is 3.27. The Hall–Kier alpha value is -3.09. The number of hydrogen-bond acceptors (Lipinski definition) is 3. The molecule has 0 aliphatic heterocycles. The summed E-state index contributed by atoms with van der Waals surface area (Å²) < 4.78 is 2.13. The number of aromatic amines is 3. The second-order valence-corrected chi connectivity index (χ2v) is 6.96. The van der Waals surface area contributed by atoms with Crippen LogP contribution in [0.5, 0.6) is 0 Å². The zero-order chi connectivity index (χ0) is 19.6. The molecule has 0 aromatic carbocycles. The van der Waals surface area contributed by atoms with Gasteiger partial charge in [0.05, 0.1) is 17.1 Å². The van der Waals surface area contributed by atoms with Gasteiger partial charge in [-0.1, -0.05) is 33.8 Å². The fraction of sp³-hybridized carbons (Fsp3) is 0.350. The van der Waals surface area contributed by atoms with Crippen LogP contribution >= 0.6 is 0 Å². The lowest BCUT2D eigenvalue weighted by molar-refractivity contribution is 0.511. The van der Waals surface area contributed by atoms with Crippen LogP contribution in [0.1, 0.15) is 62.8 Å². The van der Waals surface area contributed by atoms with E-state index in [4.69, 9.17) is 4.98 Å². The first kappa shape index (κ1) is 18.7. The molecule has 7 heteroatoms. The largest absolute Gasteiger partial charge is 0.344 e. The zero-order valence-corrected chi connectivity index (χ0v) is 15.9. The lowest BCUT2D eigenvalue weighted by Crippen LogP contribution is -2.46. The van der Waals surface area contributed by atoms with Crippen molar-refractivity contribution in [1.82, 2.24) is 24.5 Å². The highest BCUT2D eigenvalue weighted by Crippen LogP contribution is 2.26. The van der Waals surface area contributed by atoms with Crippen molar-refractivity contribution in [3.63, 3.8) is 0 Å². The summed E-state index contributed by atoms with van der Waals surface area (Å²) in [6.07, 6.45) is 7.62. The molecule has 3 aromatic heterocycles. The summed E-state index contributed by atoms with van der Waals surface area (Å²) in [4.78, 5) is 37.2. The van der Waals surface area contributed by atoms with Crippen molar-refractivity contribution in [3.8, 4) is 0 Å². The van der Waals surface area contributed by atoms with Gasteiger partial charge >= 0.3 is 0 Å². The minimum absolute atomic E-state index is 0.0413. The molecule has 142 valence electrons. The summed E-state index contributed by atoms with van der Waals surface area (Å²) in [5.74, 6) is 1.03. The van der Waals surface area contributed by atoms with E-state index in [1.54, 1.807) is 6.08 Å². The van der Waals surface area contributed by atoms with Gasteiger partial charge in [0, 0.05) is 18.1 Å². The first-order chi connectivity index (χ1) is 12.9. The molecule has 3 rings (SSSR count). The number of hydrogen-bond donors (Lipinski definition) is 3. The standard InChI is InChI=1S/C20H25N5O2/c1-5-8-16(25-9-6-7-10-25)18-22-14(17(24-18)12(2)3)11-15-20(27)21-13(4)19(26)23-15/h6-7,9-12,16H,4-5,8H2,1-3H3,(H,21,27)(H,22,24)(H,23,26). The molecule has 0 amide bonds. The van der Waals surface area contributed by atoms with Crippen LogP contribution in [0.25, 0.3) is 12.7 Å². The minimum atomic E-state index is -0.418. The summed E-state index contributed by atoms with van der Waals surface area (Å²) in [7, 11) is 0. The van der Waals surface area contributed by atoms with E-state index in [1.165, 1.54) is 0 Å². The molecule has 1 atom stereocenters. The highest BCUT2D eigenvalue weighted by molar-refractivity contribution is 5.48. The molecule has 0 fully saturated rings. The highest BCUT2D eigenvalue weighted by atomic mass is 16.1. The molecule has 0 saturated heterocycles. The van der Waals surface area contributed by atoms with Crippen LogP contribution in [0.3, 0.4) is 0 Å². The number of H-pyrrole nitrogens is 3. The molecule has 0 saturated carbocycles. The topological polar surface area (TPSA) is 99.3 Å². The quantitative estimate of drug-likeness (QED) is 0.613. The molecule has 0 radical (unpaired) electrons. The molecular formula is C20H25N5O2. The molecule has 0 spiro atoms. The summed E-state index contributed by atoms with van der Waals surface area (Å²) >= 11 is 0. The fourth-order valence-electron chi connectivity index (χ4n) is 3.14. The maximum absolute atomic E-state index is 12.2. The highest BCUT2D eigenvalue weighted by Gasteiger charge is 2.19. The second kappa shape index (κ2) is 7.65. The SMILES string of the molecule is C=c1[nH]c(=O)c(=Cc2nc(C(CCC)n3cccc3)[nH]c2C(C)C)[nH]c1=O. The van der Waals surface area contributed by atoms with Gasteiger partial charge in [-0.25, -0.2) is 4.98 Å². The third kappa shape index (κ3) is 3.86. The van der Waals surface area contributed by atoms with Crippen LogP contribution in [0.4, 0.5) is 0 Å².